The highest BCUT2D eigenvalue weighted by Crippen LogP contribution is 2.11. The van der Waals surface area contributed by atoms with E-state index in [-0.39, 0.29) is 11.9 Å². The predicted molar refractivity (Wildman–Crippen MR) is 80.8 cm³/mol. The van der Waals surface area contributed by atoms with Crippen molar-refractivity contribution >= 4 is 17.7 Å². The lowest BCUT2D eigenvalue weighted by Crippen LogP contribution is -2.35. The summed E-state index contributed by atoms with van der Waals surface area (Å²) in [4.78, 5) is 28.4. The maximum Gasteiger partial charge on any atom is 0.230 e. The second-order valence-corrected chi connectivity index (χ2v) is 5.58. The van der Waals surface area contributed by atoms with Gasteiger partial charge >= 0.3 is 0 Å². The van der Waals surface area contributed by atoms with E-state index in [4.69, 9.17) is 0 Å². The van der Waals surface area contributed by atoms with Crippen molar-refractivity contribution in [3.05, 3.63) is 42.2 Å². The summed E-state index contributed by atoms with van der Waals surface area (Å²) in [5.74, 6) is 0.260. The molecule has 0 saturated carbocycles. The highest BCUT2D eigenvalue weighted by atomic mass is 32.2. The number of amides is 1. The monoisotopic (exact) mass is 303 g/mol. The standard InChI is InChI=1S/C14H17N5OS/c1-10-3-4-17-14(19-10)21-9-13(20)18-11(2)7-12-8-15-5-6-16-12/h3-6,8,11H,7,9H2,1-2H3,(H,18,20)/t11-/m0/s1. The zero-order valence-corrected chi connectivity index (χ0v) is 12.8. The van der Waals surface area contributed by atoms with Gasteiger partial charge in [-0.2, -0.15) is 0 Å². The van der Waals surface area contributed by atoms with Gasteiger partial charge in [-0.15, -0.1) is 0 Å². The third-order valence-electron chi connectivity index (χ3n) is 2.64. The highest BCUT2D eigenvalue weighted by molar-refractivity contribution is 7.99. The number of hydrogen-bond acceptors (Lipinski definition) is 6. The molecule has 1 amide bonds. The van der Waals surface area contributed by atoms with Crippen LogP contribution in [0.25, 0.3) is 0 Å². The second-order valence-electron chi connectivity index (χ2n) is 4.64. The van der Waals surface area contributed by atoms with Gasteiger partial charge in [0, 0.05) is 42.9 Å². The Balaban J connectivity index is 1.76. The minimum Gasteiger partial charge on any atom is -0.353 e. The molecule has 0 aromatic carbocycles. The first-order chi connectivity index (χ1) is 10.1. The molecule has 0 aliphatic carbocycles. The third-order valence-corrected chi connectivity index (χ3v) is 3.51. The van der Waals surface area contributed by atoms with E-state index in [0.717, 1.165) is 11.4 Å². The molecule has 0 fully saturated rings. The molecule has 0 aliphatic rings. The molecule has 7 heteroatoms. The Kier molecular flexibility index (Phi) is 5.62. The minimum atomic E-state index is -0.0403. The van der Waals surface area contributed by atoms with Crippen LogP contribution in [-0.4, -0.2) is 37.6 Å². The molecule has 2 aromatic heterocycles. The number of thioether (sulfide) groups is 1. The van der Waals surface area contributed by atoms with Crippen LogP contribution in [0.3, 0.4) is 0 Å². The maximum atomic E-state index is 11.9. The van der Waals surface area contributed by atoms with Gasteiger partial charge in [-0.3, -0.25) is 14.8 Å². The first-order valence-corrected chi connectivity index (χ1v) is 7.59. The molecule has 1 N–H and O–H groups in total. The van der Waals surface area contributed by atoms with Crippen LogP contribution in [0.1, 0.15) is 18.3 Å². The zero-order valence-electron chi connectivity index (χ0n) is 12.0. The van der Waals surface area contributed by atoms with E-state index < -0.39 is 0 Å². The number of nitrogens with one attached hydrogen (secondary N) is 1. The maximum absolute atomic E-state index is 11.9. The number of aromatic nitrogens is 4. The molecule has 0 spiro atoms. The molecular formula is C14H17N5OS. The van der Waals surface area contributed by atoms with Crippen LogP contribution in [0.15, 0.2) is 36.0 Å². The quantitative estimate of drug-likeness (QED) is 0.642. The summed E-state index contributed by atoms with van der Waals surface area (Å²) in [6, 6.07) is 1.83. The van der Waals surface area contributed by atoms with E-state index in [9.17, 15) is 4.79 Å². The summed E-state index contributed by atoms with van der Waals surface area (Å²) in [5.41, 5.74) is 1.75. The fourth-order valence-electron chi connectivity index (χ4n) is 1.74. The van der Waals surface area contributed by atoms with Crippen molar-refractivity contribution in [1.82, 2.24) is 25.3 Å². The fraction of sp³-hybridized carbons (Fsp3) is 0.357. The van der Waals surface area contributed by atoms with Gasteiger partial charge in [-0.05, 0) is 19.9 Å². The van der Waals surface area contributed by atoms with Crippen molar-refractivity contribution in [3.8, 4) is 0 Å². The van der Waals surface area contributed by atoms with E-state index >= 15 is 0 Å². The molecule has 2 aromatic rings. The Hall–Kier alpha value is -2.02. The van der Waals surface area contributed by atoms with Gasteiger partial charge in [0.1, 0.15) is 0 Å². The molecule has 0 aliphatic heterocycles. The van der Waals surface area contributed by atoms with Crippen molar-refractivity contribution < 1.29 is 4.79 Å². The molecule has 1 atom stereocenters. The number of carbonyl (C=O) groups excluding carboxylic acids is 1. The summed E-state index contributed by atoms with van der Waals surface area (Å²) in [6.45, 7) is 3.84. The van der Waals surface area contributed by atoms with Crippen molar-refractivity contribution in [2.75, 3.05) is 5.75 Å². The molecule has 0 radical (unpaired) electrons. The fourth-order valence-corrected chi connectivity index (χ4v) is 2.43. The van der Waals surface area contributed by atoms with Crippen LogP contribution in [-0.2, 0) is 11.2 Å². The Bertz CT molecular complexity index is 593. The zero-order chi connectivity index (χ0) is 15.1. The number of nitrogens with zero attached hydrogens (tertiary/aromatic N) is 4. The van der Waals surface area contributed by atoms with Crippen LogP contribution in [0.4, 0.5) is 0 Å². The average Bonchev–Trinajstić information content (AvgIpc) is 2.46. The van der Waals surface area contributed by atoms with E-state index in [2.05, 4.69) is 25.3 Å². The van der Waals surface area contributed by atoms with E-state index in [1.165, 1.54) is 11.8 Å². The van der Waals surface area contributed by atoms with Gasteiger partial charge < -0.3 is 5.32 Å². The first-order valence-electron chi connectivity index (χ1n) is 6.60. The van der Waals surface area contributed by atoms with Gasteiger partial charge in [0.15, 0.2) is 5.16 Å². The van der Waals surface area contributed by atoms with E-state index in [1.807, 2.05) is 19.9 Å². The van der Waals surface area contributed by atoms with Crippen LogP contribution in [0.5, 0.6) is 0 Å². The summed E-state index contributed by atoms with van der Waals surface area (Å²) in [5, 5.41) is 3.55. The average molecular weight is 303 g/mol. The lowest BCUT2D eigenvalue weighted by molar-refractivity contribution is -0.119. The van der Waals surface area contributed by atoms with Gasteiger partial charge in [0.25, 0.3) is 0 Å². The summed E-state index contributed by atoms with van der Waals surface area (Å²) in [6.07, 6.45) is 7.34. The highest BCUT2D eigenvalue weighted by Gasteiger charge is 2.10. The molecule has 0 saturated heterocycles. The lowest BCUT2D eigenvalue weighted by Gasteiger charge is -2.12. The molecule has 2 heterocycles. The van der Waals surface area contributed by atoms with Gasteiger partial charge in [-0.1, -0.05) is 11.8 Å². The molecule has 110 valence electrons. The van der Waals surface area contributed by atoms with Crippen molar-refractivity contribution in [2.45, 2.75) is 31.5 Å². The van der Waals surface area contributed by atoms with E-state index in [0.29, 0.717) is 17.3 Å². The second kappa shape index (κ2) is 7.68. The number of hydrogen-bond donors (Lipinski definition) is 1. The third kappa shape index (κ3) is 5.47. The first kappa shape index (κ1) is 15.4. The molecular weight excluding hydrogens is 286 g/mol. The number of carbonyl (C=O) groups is 1. The topological polar surface area (TPSA) is 80.7 Å². The summed E-state index contributed by atoms with van der Waals surface area (Å²) < 4.78 is 0. The Morgan fingerprint density at radius 3 is 2.90 bits per heavy atom. The molecule has 0 bridgehead atoms. The van der Waals surface area contributed by atoms with Crippen LogP contribution < -0.4 is 5.32 Å². The Morgan fingerprint density at radius 2 is 2.19 bits per heavy atom. The Morgan fingerprint density at radius 1 is 1.33 bits per heavy atom. The molecule has 6 nitrogen and oxygen atoms in total. The number of aryl methyl sites for hydroxylation is 1. The van der Waals surface area contributed by atoms with Crippen LogP contribution in [0.2, 0.25) is 0 Å². The van der Waals surface area contributed by atoms with Gasteiger partial charge in [0.05, 0.1) is 11.4 Å². The smallest absolute Gasteiger partial charge is 0.230 e. The van der Waals surface area contributed by atoms with Gasteiger partial charge in [0.2, 0.25) is 5.91 Å². The normalized spacial score (nSPS) is 11.9. The predicted octanol–water partition coefficient (Wildman–Crippen LogP) is 1.41. The van der Waals surface area contributed by atoms with Crippen molar-refractivity contribution in [2.24, 2.45) is 0 Å². The largest absolute Gasteiger partial charge is 0.353 e. The molecule has 2 rings (SSSR count). The minimum absolute atomic E-state index is 0.00762. The Labute approximate surface area is 127 Å². The van der Waals surface area contributed by atoms with Gasteiger partial charge in [-0.25, -0.2) is 9.97 Å². The lowest BCUT2D eigenvalue weighted by atomic mass is 10.2. The SMILES string of the molecule is Cc1ccnc(SCC(=O)N[C@@H](C)Cc2cnccn2)n1. The molecule has 0 unspecified atom stereocenters. The summed E-state index contributed by atoms with van der Waals surface area (Å²) >= 11 is 1.33. The van der Waals surface area contributed by atoms with E-state index in [1.54, 1.807) is 24.8 Å². The van der Waals surface area contributed by atoms with Crippen LogP contribution >= 0.6 is 11.8 Å². The van der Waals surface area contributed by atoms with Crippen molar-refractivity contribution in [3.63, 3.8) is 0 Å². The van der Waals surface area contributed by atoms with Crippen molar-refractivity contribution in [1.29, 1.82) is 0 Å². The van der Waals surface area contributed by atoms with Crippen LogP contribution in [0, 0.1) is 6.92 Å². The summed E-state index contributed by atoms with van der Waals surface area (Å²) in [7, 11) is 0. The molecule has 21 heavy (non-hydrogen) atoms. The number of rotatable bonds is 6.